The van der Waals surface area contributed by atoms with Crippen LogP contribution in [0.4, 0.5) is 5.69 Å². The molecule has 2 aliphatic heterocycles. The molecule has 0 aromatic carbocycles. The Morgan fingerprint density at radius 3 is 3.21 bits per heavy atom. The minimum atomic E-state index is -0.0664. The van der Waals surface area contributed by atoms with Crippen molar-refractivity contribution in [2.75, 3.05) is 11.4 Å². The van der Waals surface area contributed by atoms with Gasteiger partial charge in [0.25, 0.3) is 0 Å². The second-order valence-electron chi connectivity index (χ2n) is 5.47. The van der Waals surface area contributed by atoms with Crippen molar-refractivity contribution in [3.63, 3.8) is 0 Å². The van der Waals surface area contributed by atoms with E-state index in [9.17, 15) is 4.79 Å². The molecule has 5 heteroatoms. The Balaban J connectivity index is 1.74. The van der Waals surface area contributed by atoms with Crippen LogP contribution >= 0.6 is 11.3 Å². The van der Waals surface area contributed by atoms with E-state index in [0.717, 1.165) is 31.5 Å². The number of imidazole rings is 1. The summed E-state index contributed by atoms with van der Waals surface area (Å²) >= 11 is 1.64. The topological polar surface area (TPSA) is 38.1 Å². The molecule has 0 radical (unpaired) electrons. The Morgan fingerprint density at radius 1 is 1.42 bits per heavy atom. The van der Waals surface area contributed by atoms with Crippen LogP contribution in [0.1, 0.15) is 25.0 Å². The van der Waals surface area contributed by atoms with Crippen LogP contribution in [0.5, 0.6) is 0 Å². The van der Waals surface area contributed by atoms with Crippen LogP contribution in [0.15, 0.2) is 29.4 Å². The molecule has 0 bridgehead atoms. The number of hydrogen-bond donors (Lipinski definition) is 0. The summed E-state index contributed by atoms with van der Waals surface area (Å²) in [5.41, 5.74) is 2.24. The third-order valence-corrected chi connectivity index (χ3v) is 5.02. The average molecular weight is 273 g/mol. The summed E-state index contributed by atoms with van der Waals surface area (Å²) in [5.74, 6) is 0.236. The van der Waals surface area contributed by atoms with Crippen molar-refractivity contribution in [3.8, 4) is 0 Å². The van der Waals surface area contributed by atoms with Crippen LogP contribution in [-0.2, 0) is 16.8 Å². The maximum Gasteiger partial charge on any atom is 0.229 e. The summed E-state index contributed by atoms with van der Waals surface area (Å²) < 4.78 is 2.25. The fourth-order valence-electron chi connectivity index (χ4n) is 3.44. The molecule has 2 aromatic rings. The average Bonchev–Trinajstić information content (AvgIpc) is 3.10. The first-order valence-corrected chi connectivity index (χ1v) is 7.57. The summed E-state index contributed by atoms with van der Waals surface area (Å²) in [6.45, 7) is 0.784. The van der Waals surface area contributed by atoms with Crippen molar-refractivity contribution >= 4 is 22.9 Å². The number of nitrogens with zero attached hydrogens (tertiary/aromatic N) is 3. The van der Waals surface area contributed by atoms with Gasteiger partial charge >= 0.3 is 0 Å². The summed E-state index contributed by atoms with van der Waals surface area (Å²) in [6.07, 6.45) is 7.75. The van der Waals surface area contributed by atoms with Gasteiger partial charge in [0.1, 0.15) is 0 Å². The molecule has 0 aliphatic carbocycles. The zero-order chi connectivity index (χ0) is 12.9. The van der Waals surface area contributed by atoms with Crippen LogP contribution in [0.3, 0.4) is 0 Å². The smallest absolute Gasteiger partial charge is 0.229 e. The lowest BCUT2D eigenvalue weighted by Gasteiger charge is -2.35. The lowest BCUT2D eigenvalue weighted by molar-refractivity contribution is -0.117. The van der Waals surface area contributed by atoms with E-state index in [0.29, 0.717) is 6.42 Å². The third-order valence-electron chi connectivity index (χ3n) is 4.35. The summed E-state index contributed by atoms with van der Waals surface area (Å²) in [5, 5.41) is 4.08. The number of thiophene rings is 1. The number of fused-ring (bicyclic) bond motifs is 2. The van der Waals surface area contributed by atoms with Crippen molar-refractivity contribution in [1.29, 1.82) is 0 Å². The molecule has 1 fully saturated rings. The van der Waals surface area contributed by atoms with Gasteiger partial charge in [-0.25, -0.2) is 4.98 Å². The van der Waals surface area contributed by atoms with Crippen LogP contribution in [0, 0.1) is 0 Å². The molecule has 2 aliphatic rings. The summed E-state index contributed by atoms with van der Waals surface area (Å²) in [6, 6.07) is 2.03. The Kier molecular flexibility index (Phi) is 2.33. The van der Waals surface area contributed by atoms with Crippen molar-refractivity contribution in [3.05, 3.63) is 35.0 Å². The monoisotopic (exact) mass is 273 g/mol. The van der Waals surface area contributed by atoms with Crippen molar-refractivity contribution in [2.24, 2.45) is 0 Å². The minimum absolute atomic E-state index is 0.0664. The molecule has 4 nitrogen and oxygen atoms in total. The minimum Gasteiger partial charge on any atom is -0.326 e. The second kappa shape index (κ2) is 3.93. The fraction of sp³-hybridized carbons (Fsp3) is 0.429. The van der Waals surface area contributed by atoms with Gasteiger partial charge in [-0.1, -0.05) is 0 Å². The van der Waals surface area contributed by atoms with Gasteiger partial charge < -0.3 is 9.47 Å². The molecule has 0 saturated carbocycles. The normalized spacial score (nSPS) is 26.1. The number of hydrogen-bond acceptors (Lipinski definition) is 3. The number of carbonyl (C=O) groups excluding carboxylic acids is 1. The van der Waals surface area contributed by atoms with E-state index >= 15 is 0 Å². The zero-order valence-electron chi connectivity index (χ0n) is 10.6. The standard InChI is InChI=1S/C14H15N3OS/c18-13-6-14(9-16(13)12-3-5-19-8-12)4-1-2-11-7-15-10-17(11)14/h3,5,7-8,10H,1-2,4,6,9H2. The second-order valence-corrected chi connectivity index (χ2v) is 6.25. The van der Waals surface area contributed by atoms with Gasteiger partial charge in [-0.15, -0.1) is 0 Å². The molecule has 1 atom stereocenters. The Bertz CT molecular complexity index is 618. The van der Waals surface area contributed by atoms with E-state index in [2.05, 4.69) is 14.9 Å². The van der Waals surface area contributed by atoms with Gasteiger partial charge in [0, 0.05) is 17.3 Å². The van der Waals surface area contributed by atoms with Gasteiger partial charge in [0.15, 0.2) is 0 Å². The van der Waals surface area contributed by atoms with Gasteiger partial charge in [0.05, 0.1) is 30.5 Å². The molecule has 19 heavy (non-hydrogen) atoms. The maximum absolute atomic E-state index is 12.4. The number of carbonyl (C=O) groups is 1. The van der Waals surface area contributed by atoms with Crippen LogP contribution in [0.25, 0.3) is 0 Å². The highest BCUT2D eigenvalue weighted by Crippen LogP contribution is 2.41. The predicted molar refractivity (Wildman–Crippen MR) is 74.4 cm³/mol. The zero-order valence-corrected chi connectivity index (χ0v) is 11.4. The maximum atomic E-state index is 12.4. The lowest BCUT2D eigenvalue weighted by Crippen LogP contribution is -2.40. The van der Waals surface area contributed by atoms with E-state index in [1.54, 1.807) is 11.3 Å². The van der Waals surface area contributed by atoms with E-state index < -0.39 is 0 Å². The van der Waals surface area contributed by atoms with E-state index in [-0.39, 0.29) is 11.4 Å². The molecule has 0 N–H and O–H groups in total. The van der Waals surface area contributed by atoms with Crippen LogP contribution in [0.2, 0.25) is 0 Å². The molecule has 1 unspecified atom stereocenters. The third kappa shape index (κ3) is 1.57. The van der Waals surface area contributed by atoms with E-state index in [1.165, 1.54) is 5.69 Å². The van der Waals surface area contributed by atoms with Gasteiger partial charge in [-0.05, 0) is 30.7 Å². The number of amides is 1. The SMILES string of the molecule is O=C1CC2(CCCc3cncn32)CN1c1ccsc1. The quantitative estimate of drug-likeness (QED) is 0.800. The lowest BCUT2D eigenvalue weighted by atomic mass is 9.87. The fourth-order valence-corrected chi connectivity index (χ4v) is 4.09. The summed E-state index contributed by atoms with van der Waals surface area (Å²) in [4.78, 5) is 18.6. The van der Waals surface area contributed by atoms with E-state index in [4.69, 9.17) is 0 Å². The molecule has 4 heterocycles. The first-order chi connectivity index (χ1) is 9.28. The first kappa shape index (κ1) is 11.2. The first-order valence-electron chi connectivity index (χ1n) is 6.63. The molecule has 1 saturated heterocycles. The molecule has 1 spiro atoms. The van der Waals surface area contributed by atoms with Crippen molar-refractivity contribution < 1.29 is 4.79 Å². The molecule has 1 amide bonds. The van der Waals surface area contributed by atoms with Gasteiger partial charge in [-0.3, -0.25) is 4.79 Å². The Hall–Kier alpha value is -1.62. The molecular formula is C14H15N3OS. The number of aryl methyl sites for hydroxylation is 1. The largest absolute Gasteiger partial charge is 0.326 e. The highest BCUT2D eigenvalue weighted by Gasteiger charge is 2.46. The molecule has 98 valence electrons. The van der Waals surface area contributed by atoms with Gasteiger partial charge in [-0.2, -0.15) is 11.3 Å². The number of rotatable bonds is 1. The number of aromatic nitrogens is 2. The predicted octanol–water partition coefficient (Wildman–Crippen LogP) is 2.41. The Labute approximate surface area is 115 Å². The van der Waals surface area contributed by atoms with Crippen molar-refractivity contribution in [1.82, 2.24) is 9.55 Å². The van der Waals surface area contributed by atoms with Gasteiger partial charge in [0.2, 0.25) is 5.91 Å². The van der Waals surface area contributed by atoms with E-state index in [1.807, 2.05) is 28.9 Å². The van der Waals surface area contributed by atoms with Crippen LogP contribution in [-0.4, -0.2) is 22.0 Å². The Morgan fingerprint density at radius 2 is 2.37 bits per heavy atom. The highest BCUT2D eigenvalue weighted by atomic mass is 32.1. The molecule has 4 rings (SSSR count). The summed E-state index contributed by atoms with van der Waals surface area (Å²) in [7, 11) is 0. The highest BCUT2D eigenvalue weighted by molar-refractivity contribution is 7.08. The van der Waals surface area contributed by atoms with Crippen LogP contribution < -0.4 is 4.90 Å². The molecular weight excluding hydrogens is 258 g/mol. The molecule has 2 aromatic heterocycles. The number of anilines is 1. The van der Waals surface area contributed by atoms with Crippen molar-refractivity contribution in [2.45, 2.75) is 31.2 Å².